The van der Waals surface area contributed by atoms with Crippen LogP contribution in [0.4, 0.5) is 14.5 Å². The number of nitrogens with zero attached hydrogens (tertiary/aromatic N) is 1. The molecule has 14 heteroatoms. The van der Waals surface area contributed by atoms with Gasteiger partial charge in [-0.2, -0.15) is 0 Å². The minimum Gasteiger partial charge on any atom is -0.492 e. The molecule has 2 aliphatic heterocycles. The number of ether oxygens (including phenoxy) is 3. The number of aliphatic hydroxyl groups is 7. The van der Waals surface area contributed by atoms with Crippen molar-refractivity contribution in [2.45, 2.75) is 99.7 Å². The first kappa shape index (κ1) is 37.4. The maximum Gasteiger partial charge on any atom is 0.233 e. The Morgan fingerprint density at radius 1 is 0.863 bits per heavy atom. The van der Waals surface area contributed by atoms with E-state index < -0.39 is 91.8 Å². The number of aliphatic hydroxyl groups excluding tert-OH is 7. The Kier molecular flexibility index (Phi) is 11.9. The fourth-order valence-electron chi connectivity index (χ4n) is 7.59. The van der Waals surface area contributed by atoms with Crippen LogP contribution in [0.15, 0.2) is 72.0 Å². The first-order valence-electron chi connectivity index (χ1n) is 17.3. The van der Waals surface area contributed by atoms with E-state index >= 15 is 0 Å². The van der Waals surface area contributed by atoms with E-state index in [-0.39, 0.29) is 31.2 Å². The van der Waals surface area contributed by atoms with Gasteiger partial charge in [-0.15, -0.1) is 0 Å². The smallest absolute Gasteiger partial charge is 0.233 e. The maximum absolute atomic E-state index is 13.7. The molecule has 12 nitrogen and oxygen atoms in total. The lowest BCUT2D eigenvalue weighted by Gasteiger charge is -2.49. The van der Waals surface area contributed by atoms with Gasteiger partial charge < -0.3 is 54.9 Å². The van der Waals surface area contributed by atoms with Crippen molar-refractivity contribution in [3.05, 3.63) is 89.2 Å². The van der Waals surface area contributed by atoms with Crippen molar-refractivity contribution in [1.82, 2.24) is 0 Å². The van der Waals surface area contributed by atoms with Crippen LogP contribution < -0.4 is 4.90 Å². The molecule has 2 aliphatic carbocycles. The Morgan fingerprint density at radius 3 is 2.18 bits per heavy atom. The van der Waals surface area contributed by atoms with Gasteiger partial charge in [-0.1, -0.05) is 18.2 Å². The number of carbonyl (C=O) groups excluding carboxylic acids is 1. The van der Waals surface area contributed by atoms with Crippen LogP contribution in [0.3, 0.4) is 0 Å². The molecular weight excluding hydrogens is 672 g/mol. The van der Waals surface area contributed by atoms with Gasteiger partial charge in [0.25, 0.3) is 0 Å². The summed E-state index contributed by atoms with van der Waals surface area (Å²) in [6.07, 6.45) is -5.48. The fraction of sp³-hybridized carbons (Fsp3) is 0.541. The number of hydrogen-bond donors (Lipinski definition) is 7. The van der Waals surface area contributed by atoms with Crippen LogP contribution in [-0.4, -0.2) is 110 Å². The van der Waals surface area contributed by atoms with Gasteiger partial charge in [-0.25, -0.2) is 8.78 Å². The number of amides is 1. The molecule has 0 aromatic heterocycles. The monoisotopic (exact) mass is 717 g/mol. The zero-order valence-electron chi connectivity index (χ0n) is 27.8. The molecule has 4 aliphatic rings. The number of carbonyl (C=O) groups is 1. The number of halogens is 2. The van der Waals surface area contributed by atoms with E-state index in [2.05, 4.69) is 0 Å². The molecule has 1 unspecified atom stereocenters. The molecule has 7 N–H and O–H groups in total. The predicted molar refractivity (Wildman–Crippen MR) is 176 cm³/mol. The highest BCUT2D eigenvalue weighted by Crippen LogP contribution is 2.43. The third kappa shape index (κ3) is 8.04. The van der Waals surface area contributed by atoms with Gasteiger partial charge in [0.2, 0.25) is 5.91 Å². The van der Waals surface area contributed by atoms with Gasteiger partial charge >= 0.3 is 0 Å². The van der Waals surface area contributed by atoms with Crippen LogP contribution in [0, 0.1) is 23.5 Å². The molecular formula is C37H45F2NO11. The molecule has 6 rings (SSSR count). The van der Waals surface area contributed by atoms with Gasteiger partial charge in [0.1, 0.15) is 42.2 Å². The highest BCUT2D eigenvalue weighted by atomic mass is 19.1. The zero-order chi connectivity index (χ0) is 36.4. The molecule has 0 spiro atoms. The second-order valence-corrected chi connectivity index (χ2v) is 13.8. The number of hydrogen-bond acceptors (Lipinski definition) is 11. The first-order valence-corrected chi connectivity index (χ1v) is 17.3. The van der Waals surface area contributed by atoms with E-state index in [1.807, 2.05) is 6.08 Å². The highest BCUT2D eigenvalue weighted by Gasteiger charge is 2.50. The molecule has 2 saturated heterocycles. The van der Waals surface area contributed by atoms with Gasteiger partial charge in [0.05, 0.1) is 42.6 Å². The van der Waals surface area contributed by atoms with Gasteiger partial charge in [0.15, 0.2) is 6.29 Å². The van der Waals surface area contributed by atoms with E-state index in [1.165, 1.54) is 36.4 Å². The minimum absolute atomic E-state index is 0.114. The minimum atomic E-state index is -1.49. The lowest BCUT2D eigenvalue weighted by Crippen LogP contribution is -2.62. The summed E-state index contributed by atoms with van der Waals surface area (Å²) in [5.74, 6) is -1.63. The highest BCUT2D eigenvalue weighted by molar-refractivity contribution is 6.04. The number of benzene rings is 2. The summed E-state index contributed by atoms with van der Waals surface area (Å²) >= 11 is 0. The topological polar surface area (TPSA) is 190 Å². The molecule has 1 saturated carbocycles. The van der Waals surface area contributed by atoms with Crippen LogP contribution in [-0.2, 0) is 19.0 Å². The zero-order valence-corrected chi connectivity index (χ0v) is 27.8. The average molecular weight is 718 g/mol. The van der Waals surface area contributed by atoms with Crippen molar-refractivity contribution in [2.24, 2.45) is 11.8 Å². The fourth-order valence-corrected chi connectivity index (χ4v) is 7.59. The Balaban J connectivity index is 1.13. The van der Waals surface area contributed by atoms with Crippen molar-refractivity contribution in [1.29, 1.82) is 0 Å². The first-order chi connectivity index (χ1) is 24.5. The molecule has 2 heterocycles. The lowest BCUT2D eigenvalue weighted by atomic mass is 9.76. The average Bonchev–Trinajstić information content (AvgIpc) is 3.13. The van der Waals surface area contributed by atoms with Gasteiger partial charge in [-0.05, 0) is 79.3 Å². The standard InChI is InChI=1S/C37H45F2NO11/c38-22-5-1-19(2-6-22)27(43)14-13-26-32(40(37(26)48)24-9-7-23(39)8-10-24)20-3-11-25(12-4-20)49-29-15-21(17-41)36(35(47)34(29)46)51-31-16-28(44)33(45)30(18-42)50-31/h1-3,5-11,21,26-36,41-47H,4,12-18H2/t21-,26-,27+,28?,29-,30-,31+,32-,33+,34+,35-,36-/m1/s1. The Labute approximate surface area is 293 Å². The van der Waals surface area contributed by atoms with Crippen LogP contribution >= 0.6 is 0 Å². The Morgan fingerprint density at radius 2 is 1.55 bits per heavy atom. The second-order valence-electron chi connectivity index (χ2n) is 13.8. The predicted octanol–water partition coefficient (Wildman–Crippen LogP) is 1.75. The van der Waals surface area contributed by atoms with Crippen LogP contribution in [0.25, 0.3) is 0 Å². The molecule has 0 radical (unpaired) electrons. The number of β-lactam (4-membered cyclic amide) rings is 1. The molecule has 51 heavy (non-hydrogen) atoms. The summed E-state index contributed by atoms with van der Waals surface area (Å²) in [4.78, 5) is 15.1. The third-order valence-corrected chi connectivity index (χ3v) is 10.5. The molecule has 3 fully saturated rings. The molecule has 2 aromatic carbocycles. The number of rotatable bonds is 12. The summed E-state index contributed by atoms with van der Waals surface area (Å²) < 4.78 is 44.7. The summed E-state index contributed by atoms with van der Waals surface area (Å²) in [7, 11) is 0. The molecule has 278 valence electrons. The third-order valence-electron chi connectivity index (χ3n) is 10.5. The van der Waals surface area contributed by atoms with Gasteiger partial charge in [-0.3, -0.25) is 4.79 Å². The number of anilines is 1. The molecule has 12 atom stereocenters. The summed E-state index contributed by atoms with van der Waals surface area (Å²) in [5, 5.41) is 72.7. The van der Waals surface area contributed by atoms with Crippen molar-refractivity contribution >= 4 is 11.6 Å². The van der Waals surface area contributed by atoms with Crippen molar-refractivity contribution in [3.63, 3.8) is 0 Å². The van der Waals surface area contributed by atoms with E-state index in [1.54, 1.807) is 23.1 Å². The van der Waals surface area contributed by atoms with Crippen molar-refractivity contribution in [3.8, 4) is 0 Å². The van der Waals surface area contributed by atoms with E-state index in [0.717, 1.165) is 5.57 Å². The Bertz CT molecular complexity index is 1550. The van der Waals surface area contributed by atoms with Crippen LogP contribution in [0.1, 0.15) is 50.2 Å². The molecule has 2 aromatic rings. The lowest BCUT2D eigenvalue weighted by molar-refractivity contribution is -0.297. The summed E-state index contributed by atoms with van der Waals surface area (Å²) in [6.45, 7) is -0.980. The largest absolute Gasteiger partial charge is 0.492 e. The van der Waals surface area contributed by atoms with E-state index in [0.29, 0.717) is 36.3 Å². The van der Waals surface area contributed by atoms with Crippen molar-refractivity contribution in [2.75, 3.05) is 18.1 Å². The van der Waals surface area contributed by atoms with E-state index in [4.69, 9.17) is 14.2 Å². The van der Waals surface area contributed by atoms with Crippen LogP contribution in [0.5, 0.6) is 0 Å². The van der Waals surface area contributed by atoms with Gasteiger partial charge in [0, 0.05) is 31.1 Å². The molecule has 1 amide bonds. The summed E-state index contributed by atoms with van der Waals surface area (Å²) in [5.41, 5.74) is 2.00. The summed E-state index contributed by atoms with van der Waals surface area (Å²) in [6, 6.07) is 10.8. The SMILES string of the molecule is O=C1[C@H](CC[C@H](O)c2ccc(F)cc2)[C@@H](C2=CC=C(O[C@@H]3C[C@H](CO)[C@@H](O[C@H]4CC(O)[C@H](O)[C@@H](CO)O4)[C@H](O)[C@H]3O)CC2)N1c1ccc(F)cc1. The maximum atomic E-state index is 13.7. The molecule has 0 bridgehead atoms. The second kappa shape index (κ2) is 16.1. The quantitative estimate of drug-likeness (QED) is 0.159. The van der Waals surface area contributed by atoms with E-state index in [9.17, 15) is 49.3 Å². The number of allylic oxidation sites excluding steroid dienone is 3. The van der Waals surface area contributed by atoms with Crippen LogP contribution in [0.2, 0.25) is 0 Å². The Hall–Kier alpha value is -3.31. The normalized spacial score (nSPS) is 34.7. The van der Waals surface area contributed by atoms with Crippen molar-refractivity contribution < 1.29 is 63.5 Å².